The number of allylic oxidation sites excluding steroid dienone is 2. The first-order valence-corrected chi connectivity index (χ1v) is 5.84. The summed E-state index contributed by atoms with van der Waals surface area (Å²) in [5, 5.41) is 0. The van der Waals surface area contributed by atoms with Crippen LogP contribution in [0.1, 0.15) is 13.8 Å². The van der Waals surface area contributed by atoms with Crippen LogP contribution in [0.25, 0.3) is 0 Å². The van der Waals surface area contributed by atoms with Gasteiger partial charge < -0.3 is 0 Å². The van der Waals surface area contributed by atoms with Gasteiger partial charge in [0.2, 0.25) is 0 Å². The molecule has 13 heavy (non-hydrogen) atoms. The maximum Gasteiger partial charge on any atom is 0.177 e. The van der Waals surface area contributed by atoms with Crippen molar-refractivity contribution in [3.63, 3.8) is 0 Å². The zero-order chi connectivity index (χ0) is 10.1. The molecule has 1 aliphatic rings. The van der Waals surface area contributed by atoms with E-state index in [2.05, 4.69) is 4.99 Å². The van der Waals surface area contributed by atoms with Crippen molar-refractivity contribution < 1.29 is 8.42 Å². The summed E-state index contributed by atoms with van der Waals surface area (Å²) in [6.45, 7) is 3.93. The maximum atomic E-state index is 11.2. The van der Waals surface area contributed by atoms with Crippen LogP contribution in [0.15, 0.2) is 28.2 Å². The lowest BCUT2D eigenvalue weighted by Gasteiger charge is -2.10. The molecule has 0 bridgehead atoms. The van der Waals surface area contributed by atoms with E-state index >= 15 is 0 Å². The van der Waals surface area contributed by atoms with Gasteiger partial charge in [-0.1, -0.05) is 19.9 Å². The molecule has 0 aromatic heterocycles. The van der Waals surface area contributed by atoms with Crippen molar-refractivity contribution in [2.24, 2.45) is 10.4 Å². The topological polar surface area (TPSA) is 46.5 Å². The molecule has 1 aliphatic heterocycles. The molecule has 0 saturated heterocycles. The zero-order valence-corrected chi connectivity index (χ0v) is 8.80. The van der Waals surface area contributed by atoms with Gasteiger partial charge in [0.15, 0.2) is 9.84 Å². The van der Waals surface area contributed by atoms with Crippen molar-refractivity contribution in [1.82, 2.24) is 0 Å². The first-order chi connectivity index (χ1) is 5.81. The summed E-state index contributed by atoms with van der Waals surface area (Å²) in [5.41, 5.74) is -0.178. The summed E-state index contributed by atoms with van der Waals surface area (Å²) in [6, 6.07) is 0. The van der Waals surface area contributed by atoms with E-state index in [1.807, 2.05) is 19.9 Å². The zero-order valence-electron chi connectivity index (χ0n) is 7.98. The van der Waals surface area contributed by atoms with E-state index in [0.717, 1.165) is 0 Å². The van der Waals surface area contributed by atoms with E-state index < -0.39 is 9.84 Å². The lowest BCUT2D eigenvalue weighted by atomic mass is 9.95. The molecule has 0 aromatic carbocycles. The van der Waals surface area contributed by atoms with Gasteiger partial charge in [0.25, 0.3) is 0 Å². The van der Waals surface area contributed by atoms with Crippen LogP contribution in [-0.4, -0.2) is 20.9 Å². The third-order valence-electron chi connectivity index (χ3n) is 1.71. The Balaban J connectivity index is 3.10. The normalized spacial score (nSPS) is 21.0. The summed E-state index contributed by atoms with van der Waals surface area (Å²) in [7, 11) is -3.14. The fourth-order valence-corrected chi connectivity index (χ4v) is 1.47. The predicted molar refractivity (Wildman–Crippen MR) is 54.3 cm³/mol. The summed E-state index contributed by atoms with van der Waals surface area (Å²) in [5.74, 6) is 0. The Bertz CT molecular complexity index is 386. The molecule has 0 aliphatic carbocycles. The first kappa shape index (κ1) is 10.2. The van der Waals surface area contributed by atoms with Gasteiger partial charge in [-0.25, -0.2) is 8.42 Å². The molecule has 0 N–H and O–H groups in total. The average molecular weight is 199 g/mol. The maximum absolute atomic E-state index is 11.2. The Morgan fingerprint density at radius 2 is 2.00 bits per heavy atom. The lowest BCUT2D eigenvalue weighted by molar-refractivity contribution is 0.608. The minimum absolute atomic E-state index is 0.178. The molecule has 0 fully saturated rings. The molecule has 0 radical (unpaired) electrons. The second kappa shape index (κ2) is 3.10. The van der Waals surface area contributed by atoms with Crippen LogP contribution >= 0.6 is 0 Å². The van der Waals surface area contributed by atoms with Gasteiger partial charge in [-0.3, -0.25) is 4.99 Å². The first-order valence-electron chi connectivity index (χ1n) is 3.95. The van der Waals surface area contributed by atoms with E-state index in [9.17, 15) is 8.42 Å². The van der Waals surface area contributed by atoms with Crippen molar-refractivity contribution >= 4 is 16.1 Å². The van der Waals surface area contributed by atoms with E-state index in [0.29, 0.717) is 0 Å². The SMILES string of the molecule is CC1(C)C=CC(S(C)(=O)=O)=CN=C1. The molecule has 0 amide bonds. The summed E-state index contributed by atoms with van der Waals surface area (Å²) in [6.07, 6.45) is 7.71. The van der Waals surface area contributed by atoms with Crippen LogP contribution in [0.3, 0.4) is 0 Å². The number of hydrogen-bond donors (Lipinski definition) is 0. The lowest BCUT2D eigenvalue weighted by Crippen LogP contribution is -2.07. The number of hydrogen-bond acceptors (Lipinski definition) is 3. The molecular weight excluding hydrogens is 186 g/mol. The molecule has 0 aromatic rings. The van der Waals surface area contributed by atoms with Gasteiger partial charge in [0, 0.05) is 24.1 Å². The molecule has 4 heteroatoms. The van der Waals surface area contributed by atoms with Crippen molar-refractivity contribution in [2.45, 2.75) is 13.8 Å². The Kier molecular flexibility index (Phi) is 2.43. The summed E-state index contributed by atoms with van der Waals surface area (Å²) >= 11 is 0. The fourth-order valence-electron chi connectivity index (χ4n) is 0.905. The molecule has 3 nitrogen and oxygen atoms in total. The van der Waals surface area contributed by atoms with Gasteiger partial charge in [0.1, 0.15) is 0 Å². The van der Waals surface area contributed by atoms with Gasteiger partial charge in [-0.15, -0.1) is 0 Å². The summed E-state index contributed by atoms with van der Waals surface area (Å²) in [4.78, 5) is 4.20. The highest BCUT2D eigenvalue weighted by Gasteiger charge is 2.15. The Morgan fingerprint density at radius 3 is 2.54 bits per heavy atom. The second-order valence-corrected chi connectivity index (χ2v) is 5.75. The molecule has 0 saturated carbocycles. The van der Waals surface area contributed by atoms with E-state index in [-0.39, 0.29) is 10.3 Å². The largest absolute Gasteiger partial charge is 0.267 e. The van der Waals surface area contributed by atoms with Crippen molar-refractivity contribution in [2.75, 3.05) is 6.26 Å². The molecular formula is C9H13NO2S. The highest BCUT2D eigenvalue weighted by molar-refractivity contribution is 7.94. The highest BCUT2D eigenvalue weighted by atomic mass is 32.2. The van der Waals surface area contributed by atoms with Crippen molar-refractivity contribution in [1.29, 1.82) is 0 Å². The molecule has 0 spiro atoms. The summed E-state index contributed by atoms with van der Waals surface area (Å²) < 4.78 is 22.3. The monoisotopic (exact) mass is 199 g/mol. The van der Waals surface area contributed by atoms with Gasteiger partial charge in [-0.05, 0) is 6.08 Å². The minimum atomic E-state index is -3.14. The number of nitrogens with zero attached hydrogens (tertiary/aromatic N) is 1. The van der Waals surface area contributed by atoms with Crippen molar-refractivity contribution in [3.8, 4) is 0 Å². The van der Waals surface area contributed by atoms with E-state index in [4.69, 9.17) is 0 Å². The molecule has 1 rings (SSSR count). The quantitative estimate of drug-likeness (QED) is 0.643. The number of sulfone groups is 1. The Hall–Kier alpha value is -0.900. The van der Waals surface area contributed by atoms with Crippen molar-refractivity contribution in [3.05, 3.63) is 23.3 Å². The Labute approximate surface area is 78.8 Å². The smallest absolute Gasteiger partial charge is 0.177 e. The van der Waals surface area contributed by atoms with E-state index in [1.165, 1.54) is 12.5 Å². The standard InChI is InChI=1S/C9H13NO2S/c1-9(2)5-4-8(6-10-7-9)13(3,11)12/h4-7H,1-3H3. The van der Waals surface area contributed by atoms with E-state index in [1.54, 1.807) is 12.3 Å². The fraction of sp³-hybridized carbons (Fsp3) is 0.444. The highest BCUT2D eigenvalue weighted by Crippen LogP contribution is 2.19. The molecule has 1 heterocycles. The van der Waals surface area contributed by atoms with Crippen LogP contribution in [0, 0.1) is 5.41 Å². The number of aliphatic imine (C=N–C) groups is 1. The predicted octanol–water partition coefficient (Wildman–Crippen LogP) is 1.54. The van der Waals surface area contributed by atoms with Crippen LogP contribution in [0.5, 0.6) is 0 Å². The minimum Gasteiger partial charge on any atom is -0.267 e. The van der Waals surface area contributed by atoms with Crippen LogP contribution < -0.4 is 0 Å². The molecule has 0 unspecified atom stereocenters. The molecule has 0 atom stereocenters. The van der Waals surface area contributed by atoms with Crippen LogP contribution in [0.2, 0.25) is 0 Å². The van der Waals surface area contributed by atoms with Crippen LogP contribution in [0.4, 0.5) is 0 Å². The Morgan fingerprint density at radius 1 is 1.38 bits per heavy atom. The molecule has 72 valence electrons. The second-order valence-electron chi connectivity index (χ2n) is 3.74. The van der Waals surface area contributed by atoms with Crippen LogP contribution in [-0.2, 0) is 9.84 Å². The van der Waals surface area contributed by atoms with Gasteiger partial charge >= 0.3 is 0 Å². The number of rotatable bonds is 1. The average Bonchev–Trinajstić information content (AvgIpc) is 2.08. The van der Waals surface area contributed by atoms with Gasteiger partial charge in [-0.2, -0.15) is 0 Å². The van der Waals surface area contributed by atoms with Gasteiger partial charge in [0.05, 0.1) is 4.91 Å². The third kappa shape index (κ3) is 2.81. The third-order valence-corrected chi connectivity index (χ3v) is 2.81.